The summed E-state index contributed by atoms with van der Waals surface area (Å²) in [5, 5.41) is 0.427. The molecule has 3 rings (SSSR count). The molecule has 0 saturated heterocycles. The summed E-state index contributed by atoms with van der Waals surface area (Å²) in [6.07, 6.45) is 1.45. The number of pyridine rings is 1. The number of amides is 1. The lowest BCUT2D eigenvalue weighted by Gasteiger charge is -2.16. The summed E-state index contributed by atoms with van der Waals surface area (Å²) < 4.78 is 7.44. The van der Waals surface area contributed by atoms with Gasteiger partial charge in [-0.15, -0.1) is 0 Å². The number of rotatable bonds is 8. The van der Waals surface area contributed by atoms with Crippen molar-refractivity contribution in [2.45, 2.75) is 32.9 Å². The predicted octanol–water partition coefficient (Wildman–Crippen LogP) is 4.64. The second-order valence-electron chi connectivity index (χ2n) is 6.84. The molecule has 156 valence electrons. The molecule has 0 radical (unpaired) electrons. The number of hydrogen-bond donors (Lipinski definition) is 1. The standard InChI is InChI=1S/C23H22Cl2N2O3/c1-2-15-4-3-5-18(12-15)30-14-21-19(24)13-20(25)23(29)27(21)11-10-16-6-8-17(9-7-16)22(26)28/h3-9,12-13H,2,10-11,14H2,1H3,(H2,26,28). The minimum Gasteiger partial charge on any atom is -0.487 e. The fraction of sp³-hybridized carbons (Fsp3) is 0.217. The first-order valence-corrected chi connectivity index (χ1v) is 10.3. The van der Waals surface area contributed by atoms with Gasteiger partial charge in [-0.2, -0.15) is 0 Å². The summed E-state index contributed by atoms with van der Waals surface area (Å²) in [6.45, 7) is 2.57. The van der Waals surface area contributed by atoms with E-state index in [-0.39, 0.29) is 17.2 Å². The van der Waals surface area contributed by atoms with Crippen LogP contribution in [0.2, 0.25) is 10.0 Å². The SMILES string of the molecule is CCc1cccc(OCc2c(Cl)cc(Cl)c(=O)n2CCc2ccc(C(N)=O)cc2)c1. The van der Waals surface area contributed by atoms with E-state index in [1.807, 2.05) is 36.4 Å². The largest absolute Gasteiger partial charge is 0.487 e. The summed E-state index contributed by atoms with van der Waals surface area (Å²) in [5.74, 6) is 0.229. The van der Waals surface area contributed by atoms with Gasteiger partial charge in [0.2, 0.25) is 5.91 Å². The molecule has 0 aliphatic rings. The molecule has 0 aliphatic carbocycles. The van der Waals surface area contributed by atoms with Crippen molar-refractivity contribution in [1.82, 2.24) is 4.57 Å². The molecule has 30 heavy (non-hydrogen) atoms. The van der Waals surface area contributed by atoms with Gasteiger partial charge in [-0.3, -0.25) is 9.59 Å². The number of hydrogen-bond acceptors (Lipinski definition) is 3. The molecule has 5 nitrogen and oxygen atoms in total. The van der Waals surface area contributed by atoms with Crippen LogP contribution in [-0.4, -0.2) is 10.5 Å². The number of nitrogens with two attached hydrogens (primary N) is 1. The summed E-state index contributed by atoms with van der Waals surface area (Å²) >= 11 is 12.5. The molecule has 7 heteroatoms. The van der Waals surface area contributed by atoms with E-state index >= 15 is 0 Å². The lowest BCUT2D eigenvalue weighted by atomic mass is 10.1. The number of aromatic nitrogens is 1. The Labute approximate surface area is 185 Å². The van der Waals surface area contributed by atoms with Crippen LogP contribution in [-0.2, 0) is 26.0 Å². The van der Waals surface area contributed by atoms with Crippen molar-refractivity contribution in [2.24, 2.45) is 5.73 Å². The van der Waals surface area contributed by atoms with Gasteiger partial charge in [-0.1, -0.05) is 54.4 Å². The maximum Gasteiger partial charge on any atom is 0.269 e. The van der Waals surface area contributed by atoms with Crippen molar-refractivity contribution < 1.29 is 9.53 Å². The van der Waals surface area contributed by atoms with Gasteiger partial charge in [0.15, 0.2) is 0 Å². The normalized spacial score (nSPS) is 10.8. The van der Waals surface area contributed by atoms with Gasteiger partial charge in [0.05, 0.1) is 10.7 Å². The van der Waals surface area contributed by atoms with Crippen molar-refractivity contribution in [3.63, 3.8) is 0 Å². The van der Waals surface area contributed by atoms with E-state index < -0.39 is 5.91 Å². The van der Waals surface area contributed by atoms with Gasteiger partial charge < -0.3 is 15.0 Å². The van der Waals surface area contributed by atoms with Crippen LogP contribution in [0.4, 0.5) is 0 Å². The Morgan fingerprint density at radius 2 is 1.77 bits per heavy atom. The molecule has 0 bridgehead atoms. The van der Waals surface area contributed by atoms with Crippen LogP contribution in [0.25, 0.3) is 0 Å². The first kappa shape index (κ1) is 21.9. The summed E-state index contributed by atoms with van der Waals surface area (Å²) in [7, 11) is 0. The fourth-order valence-electron chi connectivity index (χ4n) is 3.10. The van der Waals surface area contributed by atoms with E-state index in [1.54, 1.807) is 12.1 Å². The maximum absolute atomic E-state index is 12.7. The Hall–Kier alpha value is -2.76. The highest BCUT2D eigenvalue weighted by atomic mass is 35.5. The molecule has 0 atom stereocenters. The molecule has 0 aliphatic heterocycles. The molecule has 1 amide bonds. The number of carbonyl (C=O) groups excluding carboxylic acids is 1. The number of nitrogens with zero attached hydrogens (tertiary/aromatic N) is 1. The van der Waals surface area contributed by atoms with Crippen molar-refractivity contribution in [3.8, 4) is 5.75 Å². The molecular formula is C23H22Cl2N2O3. The zero-order chi connectivity index (χ0) is 21.7. The van der Waals surface area contributed by atoms with E-state index in [0.717, 1.165) is 17.5 Å². The fourth-order valence-corrected chi connectivity index (χ4v) is 3.64. The molecular weight excluding hydrogens is 423 g/mol. The molecule has 3 aromatic rings. The average Bonchev–Trinajstić information content (AvgIpc) is 2.75. The monoisotopic (exact) mass is 444 g/mol. The number of primary amides is 1. The van der Waals surface area contributed by atoms with Crippen molar-refractivity contribution in [1.29, 1.82) is 0 Å². The minimum absolute atomic E-state index is 0.0563. The van der Waals surface area contributed by atoms with Crippen LogP contribution in [0, 0.1) is 0 Å². The Kier molecular flexibility index (Phi) is 7.19. The molecule has 2 aromatic carbocycles. The maximum atomic E-state index is 12.7. The molecule has 1 heterocycles. The molecule has 0 unspecified atom stereocenters. The zero-order valence-corrected chi connectivity index (χ0v) is 18.0. The second kappa shape index (κ2) is 9.83. The third-order valence-corrected chi connectivity index (χ3v) is 5.45. The van der Waals surface area contributed by atoms with Gasteiger partial charge >= 0.3 is 0 Å². The van der Waals surface area contributed by atoms with Crippen LogP contribution in [0.15, 0.2) is 59.4 Å². The smallest absolute Gasteiger partial charge is 0.269 e. The van der Waals surface area contributed by atoms with Crippen LogP contribution < -0.4 is 16.0 Å². The molecule has 0 spiro atoms. The summed E-state index contributed by atoms with van der Waals surface area (Å²) in [5.41, 5.74) is 8.05. The topological polar surface area (TPSA) is 74.3 Å². The van der Waals surface area contributed by atoms with Gasteiger partial charge in [-0.05, 0) is 54.3 Å². The summed E-state index contributed by atoms with van der Waals surface area (Å²) in [4.78, 5) is 23.9. The molecule has 1 aromatic heterocycles. The van der Waals surface area contributed by atoms with Crippen LogP contribution in [0.1, 0.15) is 34.1 Å². The molecule has 0 saturated carbocycles. The number of carbonyl (C=O) groups is 1. The summed E-state index contributed by atoms with van der Waals surface area (Å²) in [6, 6.07) is 16.2. The number of ether oxygens (including phenoxy) is 1. The first-order valence-electron chi connectivity index (χ1n) is 9.57. The Bertz CT molecular complexity index is 1110. The van der Waals surface area contributed by atoms with Gasteiger partial charge in [0.1, 0.15) is 17.4 Å². The van der Waals surface area contributed by atoms with E-state index in [9.17, 15) is 9.59 Å². The molecule has 0 fully saturated rings. The van der Waals surface area contributed by atoms with Gasteiger partial charge in [0.25, 0.3) is 5.56 Å². The number of aryl methyl sites for hydroxylation is 2. The van der Waals surface area contributed by atoms with Crippen molar-refractivity contribution in [3.05, 3.63) is 97.4 Å². The van der Waals surface area contributed by atoms with E-state index in [4.69, 9.17) is 33.7 Å². The quantitative estimate of drug-likeness (QED) is 0.549. The number of halogens is 2. The van der Waals surface area contributed by atoms with E-state index in [0.29, 0.717) is 35.0 Å². The van der Waals surface area contributed by atoms with Gasteiger partial charge in [0, 0.05) is 12.1 Å². The van der Waals surface area contributed by atoms with Crippen LogP contribution in [0.3, 0.4) is 0 Å². The second-order valence-corrected chi connectivity index (χ2v) is 7.66. The lowest BCUT2D eigenvalue weighted by Crippen LogP contribution is -2.26. The zero-order valence-electron chi connectivity index (χ0n) is 16.5. The Morgan fingerprint density at radius 3 is 2.43 bits per heavy atom. The van der Waals surface area contributed by atoms with Crippen LogP contribution in [0.5, 0.6) is 5.75 Å². The Balaban J connectivity index is 1.82. The highest BCUT2D eigenvalue weighted by Gasteiger charge is 2.14. The van der Waals surface area contributed by atoms with Gasteiger partial charge in [-0.25, -0.2) is 0 Å². The third-order valence-electron chi connectivity index (χ3n) is 4.85. The van der Waals surface area contributed by atoms with Crippen molar-refractivity contribution >= 4 is 29.1 Å². The average molecular weight is 445 g/mol. The highest BCUT2D eigenvalue weighted by Crippen LogP contribution is 2.22. The van der Waals surface area contributed by atoms with Crippen LogP contribution >= 0.6 is 23.2 Å². The minimum atomic E-state index is -0.481. The van der Waals surface area contributed by atoms with E-state index in [2.05, 4.69) is 6.92 Å². The number of benzene rings is 2. The first-order chi connectivity index (χ1) is 14.4. The predicted molar refractivity (Wildman–Crippen MR) is 120 cm³/mol. The van der Waals surface area contributed by atoms with Crippen molar-refractivity contribution in [2.75, 3.05) is 0 Å². The third kappa shape index (κ3) is 5.23. The lowest BCUT2D eigenvalue weighted by molar-refractivity contribution is 0.100. The highest BCUT2D eigenvalue weighted by molar-refractivity contribution is 6.34. The Morgan fingerprint density at radius 1 is 1.03 bits per heavy atom. The molecule has 2 N–H and O–H groups in total. The van der Waals surface area contributed by atoms with E-state index in [1.165, 1.54) is 10.6 Å².